The Hall–Kier alpha value is -2.01. The van der Waals surface area contributed by atoms with E-state index in [1.807, 2.05) is 19.1 Å². The lowest BCUT2D eigenvalue weighted by atomic mass is 10.2. The molecule has 2 aromatic heterocycles. The molecule has 2 aromatic rings. The number of hydrogen-bond donors (Lipinski definition) is 2. The second-order valence-electron chi connectivity index (χ2n) is 4.55. The SMILES string of the molecule is Cc1oc(CNC(C)Cc2ccco2)cc1C(=O)O. The first-order valence-corrected chi connectivity index (χ1v) is 6.14. The van der Waals surface area contributed by atoms with Gasteiger partial charge in [0.05, 0.1) is 12.8 Å². The van der Waals surface area contributed by atoms with Crippen molar-refractivity contribution in [1.29, 1.82) is 0 Å². The summed E-state index contributed by atoms with van der Waals surface area (Å²) < 4.78 is 10.7. The van der Waals surface area contributed by atoms with Crippen LogP contribution in [0.5, 0.6) is 0 Å². The molecule has 0 bridgehead atoms. The Morgan fingerprint density at radius 2 is 2.26 bits per heavy atom. The molecule has 2 heterocycles. The molecule has 0 spiro atoms. The second kappa shape index (κ2) is 5.75. The fraction of sp³-hybridized carbons (Fsp3) is 0.357. The maximum atomic E-state index is 10.9. The maximum Gasteiger partial charge on any atom is 0.339 e. The summed E-state index contributed by atoms with van der Waals surface area (Å²) in [5.74, 6) is 1.02. The van der Waals surface area contributed by atoms with Crippen LogP contribution in [0, 0.1) is 6.92 Å². The monoisotopic (exact) mass is 263 g/mol. The number of carboxylic acids is 1. The molecule has 5 heteroatoms. The van der Waals surface area contributed by atoms with E-state index in [2.05, 4.69) is 5.32 Å². The van der Waals surface area contributed by atoms with E-state index < -0.39 is 5.97 Å². The van der Waals surface area contributed by atoms with E-state index in [0.29, 0.717) is 18.1 Å². The van der Waals surface area contributed by atoms with Crippen molar-refractivity contribution in [2.75, 3.05) is 0 Å². The summed E-state index contributed by atoms with van der Waals surface area (Å²) in [6, 6.07) is 5.56. The molecule has 0 saturated carbocycles. The molecule has 0 amide bonds. The van der Waals surface area contributed by atoms with Gasteiger partial charge in [-0.2, -0.15) is 0 Å². The molecule has 0 aliphatic heterocycles. The smallest absolute Gasteiger partial charge is 0.339 e. The van der Waals surface area contributed by atoms with Crippen LogP contribution >= 0.6 is 0 Å². The van der Waals surface area contributed by atoms with Gasteiger partial charge in [0.2, 0.25) is 0 Å². The van der Waals surface area contributed by atoms with Crippen LogP contribution in [0.2, 0.25) is 0 Å². The van der Waals surface area contributed by atoms with Crippen LogP contribution in [0.4, 0.5) is 0 Å². The molecule has 102 valence electrons. The molecule has 1 unspecified atom stereocenters. The summed E-state index contributed by atoms with van der Waals surface area (Å²) in [7, 11) is 0. The van der Waals surface area contributed by atoms with Crippen molar-refractivity contribution in [3.05, 3.63) is 47.3 Å². The van der Waals surface area contributed by atoms with Crippen LogP contribution < -0.4 is 5.32 Å². The number of carboxylic acid groups (broad SMARTS) is 1. The average molecular weight is 263 g/mol. The van der Waals surface area contributed by atoms with Crippen molar-refractivity contribution < 1.29 is 18.7 Å². The molecule has 0 aromatic carbocycles. The first kappa shape index (κ1) is 13.4. The molecule has 0 fully saturated rings. The van der Waals surface area contributed by atoms with Crippen LogP contribution in [-0.4, -0.2) is 17.1 Å². The highest BCUT2D eigenvalue weighted by molar-refractivity contribution is 5.88. The highest BCUT2D eigenvalue weighted by Gasteiger charge is 2.14. The summed E-state index contributed by atoms with van der Waals surface area (Å²) >= 11 is 0. The van der Waals surface area contributed by atoms with E-state index >= 15 is 0 Å². The van der Waals surface area contributed by atoms with Crippen LogP contribution in [-0.2, 0) is 13.0 Å². The van der Waals surface area contributed by atoms with Gasteiger partial charge < -0.3 is 19.3 Å². The third kappa shape index (κ3) is 3.48. The number of carbonyl (C=O) groups is 1. The first-order chi connectivity index (χ1) is 9.06. The lowest BCUT2D eigenvalue weighted by Crippen LogP contribution is -2.27. The van der Waals surface area contributed by atoms with Crippen molar-refractivity contribution in [1.82, 2.24) is 5.32 Å². The Kier molecular flexibility index (Phi) is 4.06. The van der Waals surface area contributed by atoms with E-state index in [-0.39, 0.29) is 11.6 Å². The molecule has 19 heavy (non-hydrogen) atoms. The lowest BCUT2D eigenvalue weighted by molar-refractivity contribution is 0.0695. The van der Waals surface area contributed by atoms with Gasteiger partial charge in [-0.1, -0.05) is 0 Å². The largest absolute Gasteiger partial charge is 0.478 e. The van der Waals surface area contributed by atoms with E-state index in [0.717, 1.165) is 12.2 Å². The normalized spacial score (nSPS) is 12.5. The first-order valence-electron chi connectivity index (χ1n) is 6.14. The minimum Gasteiger partial charge on any atom is -0.478 e. The Labute approximate surface area is 111 Å². The number of hydrogen-bond acceptors (Lipinski definition) is 4. The van der Waals surface area contributed by atoms with Crippen LogP contribution in [0.1, 0.15) is 34.6 Å². The number of aryl methyl sites for hydroxylation is 1. The zero-order valence-corrected chi connectivity index (χ0v) is 11.0. The third-order valence-electron chi connectivity index (χ3n) is 2.91. The molecule has 0 radical (unpaired) electrons. The zero-order chi connectivity index (χ0) is 13.8. The molecule has 1 atom stereocenters. The highest BCUT2D eigenvalue weighted by Crippen LogP contribution is 2.14. The average Bonchev–Trinajstić information content (AvgIpc) is 2.96. The number of rotatable bonds is 6. The fourth-order valence-electron chi connectivity index (χ4n) is 1.92. The number of aromatic carboxylic acids is 1. The fourth-order valence-corrected chi connectivity index (χ4v) is 1.92. The van der Waals surface area contributed by atoms with Gasteiger partial charge in [-0.25, -0.2) is 4.79 Å². The van der Waals surface area contributed by atoms with E-state index in [1.54, 1.807) is 19.3 Å². The minimum absolute atomic E-state index is 0.213. The van der Waals surface area contributed by atoms with Crippen molar-refractivity contribution in [3.63, 3.8) is 0 Å². The summed E-state index contributed by atoms with van der Waals surface area (Å²) in [5, 5.41) is 12.2. The van der Waals surface area contributed by atoms with Gasteiger partial charge in [0.1, 0.15) is 22.8 Å². The van der Waals surface area contributed by atoms with Crippen molar-refractivity contribution in [2.24, 2.45) is 0 Å². The van der Waals surface area contributed by atoms with Gasteiger partial charge >= 0.3 is 5.97 Å². The molecule has 2 rings (SSSR count). The van der Waals surface area contributed by atoms with Crippen LogP contribution in [0.3, 0.4) is 0 Å². The summed E-state index contributed by atoms with van der Waals surface area (Å²) in [4.78, 5) is 10.9. The van der Waals surface area contributed by atoms with Gasteiger partial charge in [0.15, 0.2) is 0 Å². The number of furan rings is 2. The topological polar surface area (TPSA) is 75.6 Å². The van der Waals surface area contributed by atoms with Crippen molar-refractivity contribution >= 4 is 5.97 Å². The molecule has 5 nitrogen and oxygen atoms in total. The summed E-state index contributed by atoms with van der Waals surface area (Å²) in [6.07, 6.45) is 2.43. The van der Waals surface area contributed by atoms with Gasteiger partial charge in [-0.15, -0.1) is 0 Å². The highest BCUT2D eigenvalue weighted by atomic mass is 16.4. The molecular weight excluding hydrogens is 246 g/mol. The standard InChI is InChI=1S/C14H17NO4/c1-9(6-11-4-3-5-18-11)15-8-12-7-13(14(16)17)10(2)19-12/h3-5,7,9,15H,6,8H2,1-2H3,(H,16,17). The summed E-state index contributed by atoms with van der Waals surface area (Å²) in [6.45, 7) is 4.19. The molecule has 0 aliphatic rings. The zero-order valence-electron chi connectivity index (χ0n) is 11.0. The molecular formula is C14H17NO4. The maximum absolute atomic E-state index is 10.9. The number of nitrogens with one attached hydrogen (secondary N) is 1. The van der Waals surface area contributed by atoms with Gasteiger partial charge in [-0.3, -0.25) is 0 Å². The van der Waals surface area contributed by atoms with Gasteiger partial charge in [0.25, 0.3) is 0 Å². The Morgan fingerprint density at radius 3 is 2.84 bits per heavy atom. The Balaban J connectivity index is 1.88. The summed E-state index contributed by atoms with van der Waals surface area (Å²) in [5.41, 5.74) is 0.218. The van der Waals surface area contributed by atoms with Crippen LogP contribution in [0.15, 0.2) is 33.3 Å². The van der Waals surface area contributed by atoms with Gasteiger partial charge in [0, 0.05) is 12.5 Å². The molecule has 2 N–H and O–H groups in total. The predicted molar refractivity (Wildman–Crippen MR) is 69.1 cm³/mol. The van der Waals surface area contributed by atoms with Crippen LogP contribution in [0.25, 0.3) is 0 Å². The molecule has 0 aliphatic carbocycles. The van der Waals surface area contributed by atoms with E-state index in [1.165, 1.54) is 0 Å². The quantitative estimate of drug-likeness (QED) is 0.837. The Bertz CT molecular complexity index is 542. The van der Waals surface area contributed by atoms with Gasteiger partial charge in [-0.05, 0) is 32.0 Å². The minimum atomic E-state index is -0.962. The second-order valence-corrected chi connectivity index (χ2v) is 4.55. The Morgan fingerprint density at radius 1 is 1.47 bits per heavy atom. The predicted octanol–water partition coefficient (Wildman–Crippen LogP) is 2.60. The molecule has 0 saturated heterocycles. The van der Waals surface area contributed by atoms with E-state index in [4.69, 9.17) is 13.9 Å². The lowest BCUT2D eigenvalue weighted by Gasteiger charge is -2.10. The van der Waals surface area contributed by atoms with E-state index in [9.17, 15) is 4.79 Å². The van der Waals surface area contributed by atoms with Crippen molar-refractivity contribution in [2.45, 2.75) is 32.9 Å². The third-order valence-corrected chi connectivity index (χ3v) is 2.91. The van der Waals surface area contributed by atoms with Crippen molar-refractivity contribution in [3.8, 4) is 0 Å².